The van der Waals surface area contributed by atoms with Crippen LogP contribution < -0.4 is 14.8 Å². The van der Waals surface area contributed by atoms with Gasteiger partial charge in [-0.2, -0.15) is 0 Å². The molecule has 0 aliphatic carbocycles. The molecule has 1 heterocycles. The monoisotopic (exact) mass is 599 g/mol. The van der Waals surface area contributed by atoms with E-state index in [1.165, 1.54) is 13.2 Å². The number of aryl methyl sites for hydroxylation is 1. The molecule has 8 nitrogen and oxygen atoms in total. The Bertz CT molecular complexity index is 1820. The summed E-state index contributed by atoms with van der Waals surface area (Å²) in [7, 11) is -2.53. The third kappa shape index (κ3) is 7.24. The van der Waals surface area contributed by atoms with E-state index in [-0.39, 0.29) is 16.4 Å². The van der Waals surface area contributed by atoms with Gasteiger partial charge in [-0.15, -0.1) is 6.58 Å². The number of carbonyl (C=O) groups is 2. The first-order valence-corrected chi connectivity index (χ1v) is 15.5. The molecule has 2 amide bonds. The SMILES string of the molecule is C=CCn1cc(Cc2ccc(C(=O)NS(=O)(=O)c3ccccc3C)cc2OC)c2cc(C=C(C)C(=O)NCCC)ccc21. The molecule has 2 N–H and O–H groups in total. The molecule has 0 saturated heterocycles. The zero-order valence-electron chi connectivity index (χ0n) is 24.9. The van der Waals surface area contributed by atoms with Crippen LogP contribution in [0.25, 0.3) is 17.0 Å². The number of nitrogens with zero attached hydrogens (tertiary/aromatic N) is 1. The Morgan fingerprint density at radius 2 is 1.81 bits per heavy atom. The van der Waals surface area contributed by atoms with Gasteiger partial charge >= 0.3 is 0 Å². The number of methoxy groups -OCH3 is 1. The third-order valence-electron chi connectivity index (χ3n) is 7.13. The first kappa shape index (κ1) is 31.3. The van der Waals surface area contributed by atoms with Crippen molar-refractivity contribution < 1.29 is 22.7 Å². The maximum absolute atomic E-state index is 13.0. The van der Waals surface area contributed by atoms with Gasteiger partial charge in [0.25, 0.3) is 15.9 Å². The molecule has 0 fully saturated rings. The lowest BCUT2D eigenvalue weighted by atomic mass is 10.00. The highest BCUT2D eigenvalue weighted by Gasteiger charge is 2.21. The number of ether oxygens (including phenoxy) is 1. The van der Waals surface area contributed by atoms with Crippen LogP contribution in [0.15, 0.2) is 90.0 Å². The van der Waals surface area contributed by atoms with E-state index in [0.717, 1.165) is 34.0 Å². The Morgan fingerprint density at radius 3 is 2.51 bits per heavy atom. The lowest BCUT2D eigenvalue weighted by Gasteiger charge is -2.12. The molecule has 0 spiro atoms. The highest BCUT2D eigenvalue weighted by atomic mass is 32.2. The molecule has 0 aliphatic rings. The predicted octanol–water partition coefficient (Wildman–Crippen LogP) is 5.78. The smallest absolute Gasteiger partial charge is 0.265 e. The van der Waals surface area contributed by atoms with Gasteiger partial charge in [-0.05, 0) is 78.9 Å². The average Bonchev–Trinajstić information content (AvgIpc) is 3.32. The topological polar surface area (TPSA) is 106 Å². The molecule has 3 aromatic carbocycles. The van der Waals surface area contributed by atoms with Gasteiger partial charge < -0.3 is 14.6 Å². The van der Waals surface area contributed by atoms with Gasteiger partial charge in [-0.3, -0.25) is 9.59 Å². The summed E-state index contributed by atoms with van der Waals surface area (Å²) in [6, 6.07) is 17.5. The summed E-state index contributed by atoms with van der Waals surface area (Å²) >= 11 is 0. The molecule has 0 bridgehead atoms. The van der Waals surface area contributed by atoms with Gasteiger partial charge in [-0.1, -0.05) is 43.3 Å². The van der Waals surface area contributed by atoms with Crippen molar-refractivity contribution in [2.24, 2.45) is 0 Å². The van der Waals surface area contributed by atoms with E-state index in [9.17, 15) is 18.0 Å². The summed E-state index contributed by atoms with van der Waals surface area (Å²) in [6.07, 6.45) is 7.13. The number of amides is 2. The van der Waals surface area contributed by atoms with Crippen molar-refractivity contribution in [1.29, 1.82) is 0 Å². The summed E-state index contributed by atoms with van der Waals surface area (Å²) in [5, 5.41) is 3.92. The van der Waals surface area contributed by atoms with Crippen molar-refractivity contribution in [2.75, 3.05) is 13.7 Å². The molecule has 1 aromatic heterocycles. The summed E-state index contributed by atoms with van der Waals surface area (Å²) in [5.74, 6) is -0.373. The Hall–Kier alpha value is -4.63. The van der Waals surface area contributed by atoms with E-state index >= 15 is 0 Å². The number of carbonyl (C=O) groups excluding carboxylic acids is 2. The van der Waals surface area contributed by atoms with Crippen LogP contribution in [-0.4, -0.2) is 38.5 Å². The standard InChI is InChI=1S/C34H37N3O5S/c1-6-16-35-33(38)24(4)18-25-12-15-30-29(19-25)28(22-37(30)17-7-2)20-26-13-14-27(21-31(26)42-5)34(39)36-43(40,41)32-11-9-8-10-23(32)3/h7-15,18-19,21-22H,2,6,16-17,20H2,1,3-5H3,(H,35,38)(H,36,39). The summed E-state index contributed by atoms with van der Waals surface area (Å²) in [6.45, 7) is 10.6. The molecule has 4 aromatic rings. The van der Waals surface area contributed by atoms with Crippen molar-refractivity contribution in [1.82, 2.24) is 14.6 Å². The fourth-order valence-electron chi connectivity index (χ4n) is 4.93. The van der Waals surface area contributed by atoms with Gasteiger partial charge in [0, 0.05) is 47.7 Å². The fourth-order valence-corrected chi connectivity index (χ4v) is 6.16. The molecule has 9 heteroatoms. The lowest BCUT2D eigenvalue weighted by Crippen LogP contribution is -2.31. The molecule has 0 atom stereocenters. The van der Waals surface area contributed by atoms with E-state index in [1.54, 1.807) is 50.2 Å². The van der Waals surface area contributed by atoms with Crippen molar-refractivity contribution in [3.63, 3.8) is 0 Å². The molecule has 4 rings (SSSR count). The number of fused-ring (bicyclic) bond motifs is 1. The zero-order chi connectivity index (χ0) is 31.1. The number of rotatable bonds is 12. The van der Waals surface area contributed by atoms with E-state index in [2.05, 4.69) is 33.4 Å². The van der Waals surface area contributed by atoms with Crippen LogP contribution in [0, 0.1) is 6.92 Å². The number of aromatic nitrogens is 1. The van der Waals surface area contributed by atoms with E-state index in [4.69, 9.17) is 4.74 Å². The van der Waals surface area contributed by atoms with Crippen molar-refractivity contribution >= 4 is 38.8 Å². The Balaban J connectivity index is 1.64. The molecular weight excluding hydrogens is 562 g/mol. The van der Waals surface area contributed by atoms with Gasteiger partial charge in [0.15, 0.2) is 0 Å². The number of allylic oxidation sites excluding steroid dienone is 1. The largest absolute Gasteiger partial charge is 0.496 e. The minimum atomic E-state index is -4.05. The molecule has 43 heavy (non-hydrogen) atoms. The first-order chi connectivity index (χ1) is 20.6. The molecule has 0 aliphatic heterocycles. The quantitative estimate of drug-likeness (QED) is 0.159. The first-order valence-electron chi connectivity index (χ1n) is 14.1. The molecular formula is C34H37N3O5S. The van der Waals surface area contributed by atoms with Crippen LogP contribution >= 0.6 is 0 Å². The summed E-state index contributed by atoms with van der Waals surface area (Å²) in [5.41, 5.74) is 5.11. The average molecular weight is 600 g/mol. The molecule has 0 saturated carbocycles. The summed E-state index contributed by atoms with van der Waals surface area (Å²) < 4.78 is 35.6. The van der Waals surface area contributed by atoms with Gasteiger partial charge in [-0.25, -0.2) is 13.1 Å². The van der Waals surface area contributed by atoms with E-state index < -0.39 is 15.9 Å². The molecule has 224 valence electrons. The van der Waals surface area contributed by atoms with Crippen molar-refractivity contribution in [2.45, 2.75) is 45.1 Å². The number of nitrogens with one attached hydrogen (secondary N) is 2. The third-order valence-corrected chi connectivity index (χ3v) is 8.62. The number of benzene rings is 3. The Morgan fingerprint density at radius 1 is 1.05 bits per heavy atom. The Labute approximate surface area is 253 Å². The minimum absolute atomic E-state index is 0.0499. The minimum Gasteiger partial charge on any atom is -0.496 e. The van der Waals surface area contributed by atoms with Gasteiger partial charge in [0.1, 0.15) is 5.75 Å². The second-order valence-electron chi connectivity index (χ2n) is 10.4. The maximum atomic E-state index is 13.0. The van der Waals surface area contributed by atoms with Crippen LogP contribution in [0.3, 0.4) is 0 Å². The van der Waals surface area contributed by atoms with Crippen LogP contribution in [0.1, 0.15) is 52.9 Å². The Kier molecular flexibility index (Phi) is 9.88. The van der Waals surface area contributed by atoms with Crippen LogP contribution in [0.2, 0.25) is 0 Å². The lowest BCUT2D eigenvalue weighted by molar-refractivity contribution is -0.117. The highest BCUT2D eigenvalue weighted by Crippen LogP contribution is 2.30. The van der Waals surface area contributed by atoms with Gasteiger partial charge in [0.2, 0.25) is 5.91 Å². The van der Waals surface area contributed by atoms with Gasteiger partial charge in [0.05, 0.1) is 12.0 Å². The normalized spacial score (nSPS) is 11.8. The fraction of sp³-hybridized carbons (Fsp3) is 0.235. The van der Waals surface area contributed by atoms with Crippen LogP contribution in [0.4, 0.5) is 0 Å². The number of hydrogen-bond donors (Lipinski definition) is 2. The maximum Gasteiger partial charge on any atom is 0.265 e. The van der Waals surface area contributed by atoms with Crippen LogP contribution in [0.5, 0.6) is 5.75 Å². The van der Waals surface area contributed by atoms with Crippen LogP contribution in [-0.2, 0) is 27.8 Å². The second kappa shape index (κ2) is 13.6. The highest BCUT2D eigenvalue weighted by molar-refractivity contribution is 7.90. The molecule has 0 radical (unpaired) electrons. The summed E-state index contributed by atoms with van der Waals surface area (Å²) in [4.78, 5) is 25.4. The number of hydrogen-bond acceptors (Lipinski definition) is 5. The number of sulfonamides is 1. The van der Waals surface area contributed by atoms with Crippen molar-refractivity contribution in [3.05, 3.63) is 113 Å². The van der Waals surface area contributed by atoms with Crippen molar-refractivity contribution in [3.8, 4) is 5.75 Å². The second-order valence-corrected chi connectivity index (χ2v) is 12.0. The molecule has 0 unspecified atom stereocenters. The predicted molar refractivity (Wildman–Crippen MR) is 171 cm³/mol. The van der Waals surface area contributed by atoms with E-state index in [1.807, 2.05) is 31.2 Å². The van der Waals surface area contributed by atoms with E-state index in [0.29, 0.717) is 36.4 Å². The zero-order valence-corrected chi connectivity index (χ0v) is 25.8.